The Bertz CT molecular complexity index is 853. The van der Waals surface area contributed by atoms with Gasteiger partial charge in [0.1, 0.15) is 0 Å². The Hall–Kier alpha value is -2.58. The van der Waals surface area contributed by atoms with Gasteiger partial charge in [0.2, 0.25) is 5.91 Å². The van der Waals surface area contributed by atoms with E-state index in [9.17, 15) is 13.2 Å². The number of nitrogens with one attached hydrogen (secondary N) is 2. The summed E-state index contributed by atoms with van der Waals surface area (Å²) in [7, 11) is -3.91. The van der Waals surface area contributed by atoms with Crippen LogP contribution >= 0.6 is 0 Å². The van der Waals surface area contributed by atoms with Gasteiger partial charge >= 0.3 is 0 Å². The maximum atomic E-state index is 12.3. The van der Waals surface area contributed by atoms with Crippen molar-refractivity contribution in [1.29, 1.82) is 0 Å². The monoisotopic (exact) mass is 362 g/mol. The van der Waals surface area contributed by atoms with Crippen molar-refractivity contribution < 1.29 is 22.7 Å². The van der Waals surface area contributed by atoms with E-state index in [1.807, 2.05) is 18.2 Å². The van der Waals surface area contributed by atoms with Gasteiger partial charge in [-0.3, -0.25) is 10.2 Å². The molecule has 1 heterocycles. The minimum atomic E-state index is -3.91. The van der Waals surface area contributed by atoms with E-state index in [1.165, 1.54) is 12.1 Å². The van der Waals surface area contributed by atoms with Gasteiger partial charge in [-0.05, 0) is 17.7 Å². The van der Waals surface area contributed by atoms with Gasteiger partial charge in [0, 0.05) is 12.5 Å². The number of sulfonamides is 1. The average molecular weight is 362 g/mol. The average Bonchev–Trinajstić information content (AvgIpc) is 2.86. The third-order valence-electron chi connectivity index (χ3n) is 3.56. The highest BCUT2D eigenvalue weighted by Crippen LogP contribution is 2.31. The molecule has 0 aromatic heterocycles. The maximum Gasteiger partial charge on any atom is 0.257 e. The normalized spacial score (nSPS) is 13.8. The van der Waals surface area contributed by atoms with Crippen LogP contribution in [-0.4, -0.2) is 27.5 Å². The number of hydrogen-bond donors (Lipinski definition) is 2. The number of hydrogen-bond acceptors (Lipinski definition) is 5. The lowest BCUT2D eigenvalue weighted by atomic mass is 10.1. The first-order valence-electron chi connectivity index (χ1n) is 7.79. The van der Waals surface area contributed by atoms with Gasteiger partial charge in [-0.15, -0.1) is 4.83 Å². The Kier molecular flexibility index (Phi) is 5.20. The fraction of sp³-hybridized carbons (Fsp3) is 0.235. The van der Waals surface area contributed by atoms with Crippen LogP contribution in [0.2, 0.25) is 0 Å². The SMILES string of the molecule is O=C(Cc1ccccc1)NNS(=O)(=O)c1ccc2c(c1)OCCCO2. The molecule has 0 saturated carbocycles. The molecule has 0 fully saturated rings. The predicted molar refractivity (Wildman–Crippen MR) is 90.7 cm³/mol. The molecule has 1 aliphatic heterocycles. The minimum Gasteiger partial charge on any atom is -0.490 e. The second kappa shape index (κ2) is 7.54. The van der Waals surface area contributed by atoms with E-state index in [0.717, 1.165) is 12.0 Å². The van der Waals surface area contributed by atoms with Crippen LogP contribution in [0.3, 0.4) is 0 Å². The van der Waals surface area contributed by atoms with Crippen LogP contribution < -0.4 is 19.7 Å². The fourth-order valence-corrected chi connectivity index (χ4v) is 3.19. The number of carbonyl (C=O) groups excluding carboxylic acids is 1. The predicted octanol–water partition coefficient (Wildman–Crippen LogP) is 1.40. The molecule has 2 aromatic rings. The molecule has 0 spiro atoms. The van der Waals surface area contributed by atoms with E-state index >= 15 is 0 Å². The number of rotatable bonds is 5. The van der Waals surface area contributed by atoms with Crippen molar-refractivity contribution in [2.45, 2.75) is 17.7 Å². The zero-order valence-corrected chi connectivity index (χ0v) is 14.2. The van der Waals surface area contributed by atoms with Crippen molar-refractivity contribution in [1.82, 2.24) is 10.3 Å². The third kappa shape index (κ3) is 4.49. The van der Waals surface area contributed by atoms with Crippen LogP contribution in [0.5, 0.6) is 11.5 Å². The summed E-state index contributed by atoms with van der Waals surface area (Å²) in [5.74, 6) is 0.421. The highest BCUT2D eigenvalue weighted by atomic mass is 32.2. The zero-order chi connectivity index (χ0) is 17.7. The van der Waals surface area contributed by atoms with E-state index < -0.39 is 15.9 Å². The van der Waals surface area contributed by atoms with Crippen molar-refractivity contribution in [2.24, 2.45) is 0 Å². The zero-order valence-electron chi connectivity index (χ0n) is 13.4. The first-order valence-corrected chi connectivity index (χ1v) is 9.27. The van der Waals surface area contributed by atoms with Gasteiger partial charge in [-0.25, -0.2) is 8.42 Å². The molecule has 0 unspecified atom stereocenters. The molecule has 0 bridgehead atoms. The molecule has 3 rings (SSSR count). The lowest BCUT2D eigenvalue weighted by Crippen LogP contribution is -2.42. The summed E-state index contributed by atoms with van der Waals surface area (Å²) >= 11 is 0. The van der Waals surface area contributed by atoms with Crippen LogP contribution in [0.4, 0.5) is 0 Å². The number of ether oxygens (including phenoxy) is 2. The molecule has 7 nitrogen and oxygen atoms in total. The molecule has 132 valence electrons. The van der Waals surface area contributed by atoms with E-state index in [1.54, 1.807) is 18.2 Å². The summed E-state index contributed by atoms with van der Waals surface area (Å²) in [6, 6.07) is 13.4. The summed E-state index contributed by atoms with van der Waals surface area (Å²) in [4.78, 5) is 14.0. The van der Waals surface area contributed by atoms with Gasteiger partial charge in [0.15, 0.2) is 11.5 Å². The smallest absolute Gasteiger partial charge is 0.257 e. The number of fused-ring (bicyclic) bond motifs is 1. The fourth-order valence-electron chi connectivity index (χ4n) is 2.32. The molecule has 0 aliphatic carbocycles. The van der Waals surface area contributed by atoms with E-state index in [4.69, 9.17) is 9.47 Å². The lowest BCUT2D eigenvalue weighted by Gasteiger charge is -2.11. The highest BCUT2D eigenvalue weighted by molar-refractivity contribution is 7.89. The Morgan fingerprint density at radius 2 is 1.72 bits per heavy atom. The number of carbonyl (C=O) groups is 1. The molecule has 1 amide bonds. The molecule has 1 aliphatic rings. The molecule has 2 N–H and O–H groups in total. The van der Waals surface area contributed by atoms with Crippen molar-refractivity contribution >= 4 is 15.9 Å². The lowest BCUT2D eigenvalue weighted by molar-refractivity contribution is -0.120. The Morgan fingerprint density at radius 3 is 2.48 bits per heavy atom. The molecule has 2 aromatic carbocycles. The Balaban J connectivity index is 1.65. The van der Waals surface area contributed by atoms with Crippen LogP contribution in [0.25, 0.3) is 0 Å². The Morgan fingerprint density at radius 1 is 1.00 bits per heavy atom. The summed E-state index contributed by atoms with van der Waals surface area (Å²) in [5, 5.41) is 0. The molecular formula is C17H18N2O5S. The molecule has 8 heteroatoms. The quantitative estimate of drug-likeness (QED) is 0.784. The maximum absolute atomic E-state index is 12.3. The van der Waals surface area contributed by atoms with Gasteiger partial charge in [0.05, 0.1) is 24.5 Å². The molecule has 0 saturated heterocycles. The topological polar surface area (TPSA) is 93.7 Å². The minimum absolute atomic E-state index is 0.0169. The van der Waals surface area contributed by atoms with Crippen molar-refractivity contribution in [3.63, 3.8) is 0 Å². The van der Waals surface area contributed by atoms with Gasteiger partial charge < -0.3 is 9.47 Å². The summed E-state index contributed by atoms with van der Waals surface area (Å²) in [6.45, 7) is 0.977. The van der Waals surface area contributed by atoms with Crippen molar-refractivity contribution in [2.75, 3.05) is 13.2 Å². The summed E-state index contributed by atoms with van der Waals surface area (Å²) in [6.07, 6.45) is 0.801. The van der Waals surface area contributed by atoms with Gasteiger partial charge in [-0.1, -0.05) is 30.3 Å². The second-order valence-corrected chi connectivity index (χ2v) is 7.16. The van der Waals surface area contributed by atoms with E-state index in [2.05, 4.69) is 10.3 Å². The number of amides is 1. The molecular weight excluding hydrogens is 344 g/mol. The van der Waals surface area contributed by atoms with Crippen LogP contribution in [0, 0.1) is 0 Å². The Labute approximate surface area is 146 Å². The van der Waals surface area contributed by atoms with E-state index in [0.29, 0.717) is 24.7 Å². The first kappa shape index (κ1) is 17.2. The summed E-state index contributed by atoms with van der Waals surface area (Å²) < 4.78 is 35.6. The van der Waals surface area contributed by atoms with Crippen LogP contribution in [0.1, 0.15) is 12.0 Å². The third-order valence-corrected chi connectivity index (χ3v) is 4.81. The molecule has 0 radical (unpaired) electrons. The van der Waals surface area contributed by atoms with E-state index in [-0.39, 0.29) is 11.3 Å². The van der Waals surface area contributed by atoms with Crippen molar-refractivity contribution in [3.05, 3.63) is 54.1 Å². The first-order chi connectivity index (χ1) is 12.0. The summed E-state index contributed by atoms with van der Waals surface area (Å²) in [5.41, 5.74) is 3.00. The largest absolute Gasteiger partial charge is 0.490 e. The number of hydrazine groups is 1. The standard InChI is InChI=1S/C17H18N2O5S/c20-17(11-13-5-2-1-3-6-13)18-19-25(21,22)14-7-8-15-16(12-14)24-10-4-9-23-15/h1-3,5-8,12,19H,4,9-11H2,(H,18,20). The van der Waals surface area contributed by atoms with Gasteiger partial charge in [0.25, 0.3) is 10.0 Å². The molecule has 0 atom stereocenters. The van der Waals surface area contributed by atoms with Gasteiger partial charge in [-0.2, -0.15) is 0 Å². The van der Waals surface area contributed by atoms with Crippen LogP contribution in [-0.2, 0) is 21.2 Å². The van der Waals surface area contributed by atoms with Crippen molar-refractivity contribution in [3.8, 4) is 11.5 Å². The highest BCUT2D eigenvalue weighted by Gasteiger charge is 2.19. The number of benzene rings is 2. The molecule has 25 heavy (non-hydrogen) atoms. The van der Waals surface area contributed by atoms with Crippen LogP contribution in [0.15, 0.2) is 53.4 Å². The second-order valence-electron chi connectivity index (χ2n) is 5.48.